The molecule has 1 fully saturated rings. The second kappa shape index (κ2) is 4.81. The molecule has 5 nitrogen and oxygen atoms in total. The first-order valence-electron chi connectivity index (χ1n) is 7.02. The molecular formula is C15H18N2O3. The average Bonchev–Trinajstić information content (AvgIpc) is 2.94. The SMILES string of the molecule is CC1CCCC1Cn1c(=O)[nH]c2cc(C(=O)O)ccc21. The molecule has 0 spiro atoms. The molecule has 2 unspecified atom stereocenters. The summed E-state index contributed by atoms with van der Waals surface area (Å²) >= 11 is 0. The number of H-pyrrole nitrogens is 1. The topological polar surface area (TPSA) is 75.1 Å². The van der Waals surface area contributed by atoms with Crippen molar-refractivity contribution >= 4 is 17.0 Å². The lowest BCUT2D eigenvalue weighted by molar-refractivity contribution is 0.0697. The van der Waals surface area contributed by atoms with Crippen LogP contribution in [0.25, 0.3) is 11.0 Å². The second-order valence-corrected chi connectivity index (χ2v) is 5.75. The number of hydrogen-bond acceptors (Lipinski definition) is 2. The molecule has 2 atom stereocenters. The smallest absolute Gasteiger partial charge is 0.335 e. The largest absolute Gasteiger partial charge is 0.478 e. The highest BCUT2D eigenvalue weighted by molar-refractivity contribution is 5.92. The minimum absolute atomic E-state index is 0.151. The Labute approximate surface area is 116 Å². The van der Waals surface area contributed by atoms with E-state index in [0.717, 1.165) is 11.9 Å². The van der Waals surface area contributed by atoms with Crippen LogP contribution in [0, 0.1) is 11.8 Å². The first kappa shape index (κ1) is 13.0. The van der Waals surface area contributed by atoms with Crippen LogP contribution in [0.5, 0.6) is 0 Å². The summed E-state index contributed by atoms with van der Waals surface area (Å²) in [5, 5.41) is 8.99. The average molecular weight is 274 g/mol. The van der Waals surface area contributed by atoms with E-state index < -0.39 is 5.97 Å². The Kier molecular flexibility index (Phi) is 3.12. The van der Waals surface area contributed by atoms with Gasteiger partial charge < -0.3 is 10.1 Å². The molecule has 0 amide bonds. The number of imidazole rings is 1. The standard InChI is InChI=1S/C15H18N2O3/c1-9-3-2-4-11(9)8-17-13-6-5-10(14(18)19)7-12(13)16-15(17)20/h5-7,9,11H,2-4,8H2,1H3,(H,16,20)(H,18,19). The molecule has 1 aromatic heterocycles. The first-order chi connectivity index (χ1) is 9.56. The third-order valence-corrected chi connectivity index (χ3v) is 4.48. The number of carbonyl (C=O) groups is 1. The van der Waals surface area contributed by atoms with Crippen LogP contribution in [0.2, 0.25) is 0 Å². The van der Waals surface area contributed by atoms with Crippen molar-refractivity contribution in [1.82, 2.24) is 9.55 Å². The Hall–Kier alpha value is -2.04. The number of aromatic carboxylic acids is 1. The highest BCUT2D eigenvalue weighted by Crippen LogP contribution is 2.32. The van der Waals surface area contributed by atoms with E-state index in [2.05, 4.69) is 11.9 Å². The fourth-order valence-electron chi connectivity index (χ4n) is 3.21. The van der Waals surface area contributed by atoms with Crippen molar-refractivity contribution in [2.75, 3.05) is 0 Å². The highest BCUT2D eigenvalue weighted by atomic mass is 16.4. The van der Waals surface area contributed by atoms with Gasteiger partial charge in [0.05, 0.1) is 16.6 Å². The lowest BCUT2D eigenvalue weighted by Gasteiger charge is -2.15. The van der Waals surface area contributed by atoms with Crippen molar-refractivity contribution in [3.63, 3.8) is 0 Å². The number of hydrogen-bond donors (Lipinski definition) is 2. The lowest BCUT2D eigenvalue weighted by Crippen LogP contribution is -2.22. The number of aromatic amines is 1. The van der Waals surface area contributed by atoms with Gasteiger partial charge in [-0.2, -0.15) is 0 Å². The van der Waals surface area contributed by atoms with Crippen LogP contribution < -0.4 is 5.69 Å². The third kappa shape index (κ3) is 2.13. The molecule has 5 heteroatoms. The van der Waals surface area contributed by atoms with Crippen LogP contribution in [0.4, 0.5) is 0 Å². The molecule has 1 heterocycles. The zero-order valence-electron chi connectivity index (χ0n) is 11.4. The Balaban J connectivity index is 2.00. The fraction of sp³-hybridized carbons (Fsp3) is 0.467. The minimum atomic E-state index is -0.982. The van der Waals surface area contributed by atoms with E-state index in [-0.39, 0.29) is 11.3 Å². The van der Waals surface area contributed by atoms with Crippen LogP contribution in [-0.4, -0.2) is 20.6 Å². The van der Waals surface area contributed by atoms with Gasteiger partial charge >= 0.3 is 11.7 Å². The van der Waals surface area contributed by atoms with Gasteiger partial charge in [-0.05, 0) is 36.5 Å². The monoisotopic (exact) mass is 274 g/mol. The normalized spacial score (nSPS) is 22.4. The predicted molar refractivity (Wildman–Crippen MR) is 76.0 cm³/mol. The number of carboxylic acids is 1. The maximum Gasteiger partial charge on any atom is 0.335 e. The van der Waals surface area contributed by atoms with Gasteiger partial charge in [-0.15, -0.1) is 0 Å². The molecule has 1 aliphatic carbocycles. The quantitative estimate of drug-likeness (QED) is 0.902. The molecule has 20 heavy (non-hydrogen) atoms. The molecule has 1 aliphatic rings. The van der Waals surface area contributed by atoms with Crippen molar-refractivity contribution in [3.05, 3.63) is 34.2 Å². The van der Waals surface area contributed by atoms with Crippen LogP contribution in [-0.2, 0) is 6.54 Å². The fourth-order valence-corrected chi connectivity index (χ4v) is 3.21. The Bertz CT molecular complexity index is 713. The number of carboxylic acid groups (broad SMARTS) is 1. The van der Waals surface area contributed by atoms with Crippen molar-refractivity contribution in [3.8, 4) is 0 Å². The molecule has 1 aromatic carbocycles. The number of fused-ring (bicyclic) bond motifs is 1. The molecule has 0 saturated heterocycles. The van der Waals surface area contributed by atoms with Crippen LogP contribution in [0.1, 0.15) is 36.5 Å². The van der Waals surface area contributed by atoms with Crippen molar-refractivity contribution in [1.29, 1.82) is 0 Å². The first-order valence-corrected chi connectivity index (χ1v) is 7.02. The molecule has 3 rings (SSSR count). The molecule has 0 aliphatic heterocycles. The van der Waals surface area contributed by atoms with Gasteiger partial charge in [0.2, 0.25) is 0 Å². The zero-order chi connectivity index (χ0) is 14.3. The van der Waals surface area contributed by atoms with E-state index in [1.807, 2.05) is 0 Å². The summed E-state index contributed by atoms with van der Waals surface area (Å²) < 4.78 is 1.74. The predicted octanol–water partition coefficient (Wildman–Crippen LogP) is 2.46. The Morgan fingerprint density at radius 1 is 1.45 bits per heavy atom. The van der Waals surface area contributed by atoms with Gasteiger partial charge in [0.15, 0.2) is 0 Å². The minimum Gasteiger partial charge on any atom is -0.478 e. The molecule has 0 bridgehead atoms. The maximum atomic E-state index is 12.1. The summed E-state index contributed by atoms with van der Waals surface area (Å²) in [5.41, 5.74) is 1.43. The van der Waals surface area contributed by atoms with Gasteiger partial charge in [0.1, 0.15) is 0 Å². The Morgan fingerprint density at radius 2 is 2.25 bits per heavy atom. The molecule has 0 radical (unpaired) electrons. The highest BCUT2D eigenvalue weighted by Gasteiger charge is 2.24. The summed E-state index contributed by atoms with van der Waals surface area (Å²) in [6, 6.07) is 4.79. The molecule has 1 saturated carbocycles. The van der Waals surface area contributed by atoms with E-state index in [1.165, 1.54) is 18.9 Å². The van der Waals surface area contributed by atoms with Crippen LogP contribution in [0.3, 0.4) is 0 Å². The van der Waals surface area contributed by atoms with Crippen molar-refractivity contribution < 1.29 is 9.90 Å². The molecular weight excluding hydrogens is 256 g/mol. The van der Waals surface area contributed by atoms with Gasteiger partial charge in [-0.3, -0.25) is 4.57 Å². The van der Waals surface area contributed by atoms with Gasteiger partial charge in [0.25, 0.3) is 0 Å². The van der Waals surface area contributed by atoms with Gasteiger partial charge in [-0.1, -0.05) is 19.8 Å². The van der Waals surface area contributed by atoms with Crippen LogP contribution >= 0.6 is 0 Å². The third-order valence-electron chi connectivity index (χ3n) is 4.48. The number of nitrogens with one attached hydrogen (secondary N) is 1. The van der Waals surface area contributed by atoms with E-state index in [9.17, 15) is 9.59 Å². The number of nitrogens with zero attached hydrogens (tertiary/aromatic N) is 1. The van der Waals surface area contributed by atoms with Gasteiger partial charge in [-0.25, -0.2) is 9.59 Å². The van der Waals surface area contributed by atoms with Gasteiger partial charge in [0, 0.05) is 6.54 Å². The number of aromatic nitrogens is 2. The van der Waals surface area contributed by atoms with E-state index in [4.69, 9.17) is 5.11 Å². The molecule has 2 N–H and O–H groups in total. The summed E-state index contributed by atoms with van der Waals surface area (Å²) in [6.45, 7) is 2.95. The summed E-state index contributed by atoms with van der Waals surface area (Å²) in [6.07, 6.45) is 3.62. The van der Waals surface area contributed by atoms with Crippen LogP contribution in [0.15, 0.2) is 23.0 Å². The second-order valence-electron chi connectivity index (χ2n) is 5.75. The summed E-state index contributed by atoms with van der Waals surface area (Å²) in [7, 11) is 0. The number of benzene rings is 1. The molecule has 106 valence electrons. The van der Waals surface area contributed by atoms with E-state index >= 15 is 0 Å². The summed E-state index contributed by atoms with van der Waals surface area (Å²) in [4.78, 5) is 25.8. The van der Waals surface area contributed by atoms with E-state index in [1.54, 1.807) is 16.7 Å². The summed E-state index contributed by atoms with van der Waals surface area (Å²) in [5.74, 6) is 0.195. The number of rotatable bonds is 3. The van der Waals surface area contributed by atoms with Crippen molar-refractivity contribution in [2.24, 2.45) is 11.8 Å². The maximum absolute atomic E-state index is 12.1. The lowest BCUT2D eigenvalue weighted by atomic mass is 9.98. The van der Waals surface area contributed by atoms with E-state index in [0.29, 0.717) is 23.9 Å². The molecule has 2 aromatic rings. The zero-order valence-corrected chi connectivity index (χ0v) is 11.4. The Morgan fingerprint density at radius 3 is 2.90 bits per heavy atom. The van der Waals surface area contributed by atoms with Crippen molar-refractivity contribution in [2.45, 2.75) is 32.7 Å².